The summed E-state index contributed by atoms with van der Waals surface area (Å²) in [5, 5.41) is 0. The number of ether oxygens (including phenoxy) is 2. The Kier molecular flexibility index (Phi) is 3.69. The Labute approximate surface area is 141 Å². The second-order valence-electron chi connectivity index (χ2n) is 6.07. The predicted octanol–water partition coefficient (Wildman–Crippen LogP) is 4.23. The Hall–Kier alpha value is -2.81. The number of rotatable bonds is 2. The molecule has 0 radical (unpaired) electrons. The minimum atomic E-state index is 0.110. The number of carbonyl (C=O) groups is 1. The minimum absolute atomic E-state index is 0.110. The van der Waals surface area contributed by atoms with Crippen LogP contribution in [0.4, 0.5) is 0 Å². The highest BCUT2D eigenvalue weighted by Crippen LogP contribution is 2.31. The molecule has 0 N–H and O–H groups in total. The fraction of sp³-hybridized carbons (Fsp3) is 0.190. The second-order valence-corrected chi connectivity index (χ2v) is 6.07. The number of allylic oxidation sites excluding steroid dienone is 1. The Bertz CT molecular complexity index is 874. The fourth-order valence-corrected chi connectivity index (χ4v) is 3.26. The van der Waals surface area contributed by atoms with Crippen molar-refractivity contribution in [3.8, 4) is 11.5 Å². The van der Waals surface area contributed by atoms with Crippen LogP contribution < -0.4 is 9.47 Å². The van der Waals surface area contributed by atoms with Gasteiger partial charge in [0.05, 0.1) is 7.11 Å². The fourth-order valence-electron chi connectivity index (χ4n) is 3.26. The van der Waals surface area contributed by atoms with E-state index in [1.54, 1.807) is 7.11 Å². The summed E-state index contributed by atoms with van der Waals surface area (Å²) in [6, 6.07) is 13.6. The van der Waals surface area contributed by atoms with E-state index in [0.717, 1.165) is 52.2 Å². The van der Waals surface area contributed by atoms with Crippen LogP contribution >= 0.6 is 0 Å². The van der Waals surface area contributed by atoms with E-state index in [-0.39, 0.29) is 5.78 Å². The molecule has 0 amide bonds. The van der Waals surface area contributed by atoms with Crippen LogP contribution in [0, 0.1) is 0 Å². The zero-order chi connectivity index (χ0) is 16.5. The highest BCUT2D eigenvalue weighted by Gasteiger charge is 2.23. The lowest BCUT2D eigenvalue weighted by Crippen LogP contribution is -2.15. The van der Waals surface area contributed by atoms with Gasteiger partial charge in [0.25, 0.3) is 0 Å². The first kappa shape index (κ1) is 14.8. The van der Waals surface area contributed by atoms with Crippen molar-refractivity contribution in [3.05, 3.63) is 76.4 Å². The number of fused-ring (bicyclic) bond motifs is 2. The van der Waals surface area contributed by atoms with Crippen LogP contribution in [0.15, 0.2) is 59.7 Å². The molecule has 0 atom stereocenters. The number of benzene rings is 2. The van der Waals surface area contributed by atoms with Gasteiger partial charge in [0.15, 0.2) is 5.78 Å². The average molecular weight is 318 g/mol. The molecule has 2 aliphatic rings. The van der Waals surface area contributed by atoms with Crippen molar-refractivity contribution in [2.75, 3.05) is 13.7 Å². The lowest BCUT2D eigenvalue weighted by atomic mass is 9.85. The first-order chi connectivity index (χ1) is 11.7. The summed E-state index contributed by atoms with van der Waals surface area (Å²) in [6.07, 6.45) is 5.70. The number of aryl methyl sites for hydroxylation is 1. The van der Waals surface area contributed by atoms with Crippen LogP contribution in [0.5, 0.6) is 11.5 Å². The van der Waals surface area contributed by atoms with Gasteiger partial charge >= 0.3 is 0 Å². The first-order valence-electron chi connectivity index (χ1n) is 8.09. The molecule has 0 aromatic heterocycles. The zero-order valence-corrected chi connectivity index (χ0v) is 13.5. The molecule has 2 aromatic rings. The molecular weight excluding hydrogens is 300 g/mol. The van der Waals surface area contributed by atoms with Gasteiger partial charge in [-0.05, 0) is 60.4 Å². The van der Waals surface area contributed by atoms with Crippen molar-refractivity contribution in [2.24, 2.45) is 0 Å². The van der Waals surface area contributed by atoms with E-state index in [4.69, 9.17) is 9.47 Å². The molecule has 0 fully saturated rings. The number of ketones is 1. The summed E-state index contributed by atoms with van der Waals surface area (Å²) in [4.78, 5) is 12.8. The summed E-state index contributed by atoms with van der Waals surface area (Å²) < 4.78 is 11.0. The maximum Gasteiger partial charge on any atom is 0.189 e. The quantitative estimate of drug-likeness (QED) is 0.778. The van der Waals surface area contributed by atoms with Crippen LogP contribution in [0.3, 0.4) is 0 Å². The normalized spacial score (nSPS) is 17.6. The van der Waals surface area contributed by atoms with E-state index < -0.39 is 0 Å². The highest BCUT2D eigenvalue weighted by molar-refractivity contribution is 6.11. The standard InChI is InChI=1S/C21H18O3/c1-23-18-8-9-19-15(12-18)6-7-17(21(19)22)11-14-10-16-4-2-3-5-20(16)24-13-14/h2-5,8-12H,6-7,13H2,1H3/b17-11+. The number of carbonyl (C=O) groups excluding carboxylic acids is 1. The van der Waals surface area contributed by atoms with Gasteiger partial charge in [-0.15, -0.1) is 0 Å². The van der Waals surface area contributed by atoms with E-state index in [9.17, 15) is 4.79 Å². The monoisotopic (exact) mass is 318 g/mol. The number of hydrogen-bond donors (Lipinski definition) is 0. The van der Waals surface area contributed by atoms with Crippen LogP contribution in [0.25, 0.3) is 6.08 Å². The van der Waals surface area contributed by atoms with E-state index in [1.165, 1.54) is 0 Å². The number of methoxy groups -OCH3 is 1. The minimum Gasteiger partial charge on any atom is -0.497 e. The molecule has 3 nitrogen and oxygen atoms in total. The molecule has 1 aliphatic carbocycles. The average Bonchev–Trinajstić information content (AvgIpc) is 2.63. The molecule has 1 aliphatic heterocycles. The summed E-state index contributed by atoms with van der Waals surface area (Å²) in [7, 11) is 1.64. The van der Waals surface area contributed by atoms with Gasteiger partial charge in [-0.1, -0.05) is 18.2 Å². The Balaban J connectivity index is 1.65. The third-order valence-corrected chi connectivity index (χ3v) is 4.53. The van der Waals surface area contributed by atoms with Crippen molar-refractivity contribution in [3.63, 3.8) is 0 Å². The van der Waals surface area contributed by atoms with Gasteiger partial charge in [0.2, 0.25) is 0 Å². The molecule has 3 heteroatoms. The molecule has 0 bridgehead atoms. The molecule has 2 aromatic carbocycles. The van der Waals surface area contributed by atoms with Gasteiger partial charge in [0, 0.05) is 16.7 Å². The van der Waals surface area contributed by atoms with Crippen molar-refractivity contribution in [2.45, 2.75) is 12.8 Å². The zero-order valence-electron chi connectivity index (χ0n) is 13.5. The van der Waals surface area contributed by atoms with Crippen molar-refractivity contribution >= 4 is 11.9 Å². The molecular formula is C21H18O3. The van der Waals surface area contributed by atoms with E-state index in [2.05, 4.69) is 6.08 Å². The molecule has 24 heavy (non-hydrogen) atoms. The lowest BCUT2D eigenvalue weighted by Gasteiger charge is -2.20. The Morgan fingerprint density at radius 3 is 2.88 bits per heavy atom. The van der Waals surface area contributed by atoms with Crippen LogP contribution in [-0.2, 0) is 6.42 Å². The topological polar surface area (TPSA) is 35.5 Å². The second kappa shape index (κ2) is 6.00. The Morgan fingerprint density at radius 1 is 1.12 bits per heavy atom. The lowest BCUT2D eigenvalue weighted by molar-refractivity contribution is 0.102. The summed E-state index contributed by atoms with van der Waals surface area (Å²) in [5.41, 5.74) is 4.79. The predicted molar refractivity (Wildman–Crippen MR) is 93.6 cm³/mol. The van der Waals surface area contributed by atoms with E-state index >= 15 is 0 Å². The molecule has 0 saturated carbocycles. The van der Waals surface area contributed by atoms with Crippen LogP contribution in [0.1, 0.15) is 27.9 Å². The van der Waals surface area contributed by atoms with Crippen molar-refractivity contribution in [1.29, 1.82) is 0 Å². The SMILES string of the molecule is COc1ccc2c(c1)CC/C(=C\C1=Cc3ccccc3OC1)C2=O. The van der Waals surface area contributed by atoms with Gasteiger partial charge in [0.1, 0.15) is 18.1 Å². The number of Topliss-reactive ketones (excluding diaryl/α,β-unsaturated/α-hetero) is 1. The van der Waals surface area contributed by atoms with Gasteiger partial charge in [-0.2, -0.15) is 0 Å². The van der Waals surface area contributed by atoms with Crippen molar-refractivity contribution < 1.29 is 14.3 Å². The number of hydrogen-bond acceptors (Lipinski definition) is 3. The third kappa shape index (κ3) is 2.62. The largest absolute Gasteiger partial charge is 0.497 e. The van der Waals surface area contributed by atoms with Gasteiger partial charge in [-0.3, -0.25) is 4.79 Å². The molecule has 4 rings (SSSR count). The highest BCUT2D eigenvalue weighted by atomic mass is 16.5. The number of para-hydroxylation sites is 1. The van der Waals surface area contributed by atoms with Crippen LogP contribution in [0.2, 0.25) is 0 Å². The molecule has 0 saturated heterocycles. The van der Waals surface area contributed by atoms with Gasteiger partial charge < -0.3 is 9.47 Å². The van der Waals surface area contributed by atoms with E-state index in [1.807, 2.05) is 48.5 Å². The maximum absolute atomic E-state index is 12.8. The maximum atomic E-state index is 12.8. The van der Waals surface area contributed by atoms with Crippen LogP contribution in [-0.4, -0.2) is 19.5 Å². The van der Waals surface area contributed by atoms with Gasteiger partial charge in [-0.25, -0.2) is 0 Å². The summed E-state index contributed by atoms with van der Waals surface area (Å²) >= 11 is 0. The summed E-state index contributed by atoms with van der Waals surface area (Å²) in [6.45, 7) is 0.503. The van der Waals surface area contributed by atoms with Crippen molar-refractivity contribution in [1.82, 2.24) is 0 Å². The third-order valence-electron chi connectivity index (χ3n) is 4.53. The summed E-state index contributed by atoms with van der Waals surface area (Å²) in [5.74, 6) is 1.81. The molecule has 1 heterocycles. The first-order valence-corrected chi connectivity index (χ1v) is 8.09. The molecule has 120 valence electrons. The molecule has 0 spiro atoms. The Morgan fingerprint density at radius 2 is 2.00 bits per heavy atom. The van der Waals surface area contributed by atoms with E-state index in [0.29, 0.717) is 6.61 Å². The smallest absolute Gasteiger partial charge is 0.189 e. The molecule has 0 unspecified atom stereocenters.